The number of aromatic nitrogens is 1. The summed E-state index contributed by atoms with van der Waals surface area (Å²) >= 11 is 0. The SMILES string of the molecule is CCO/N=C(\N)c1c(C(C)C)c(C(C)C)nc(C(C)C)c1C(C)C. The molecule has 0 saturated heterocycles. The summed E-state index contributed by atoms with van der Waals surface area (Å²) in [5.41, 5.74) is 12.1. The minimum atomic E-state index is 0.319. The molecule has 0 aliphatic heterocycles. The maximum Gasteiger partial charge on any atom is 0.170 e. The van der Waals surface area contributed by atoms with E-state index in [4.69, 9.17) is 15.6 Å². The van der Waals surface area contributed by atoms with E-state index in [1.807, 2.05) is 6.92 Å². The van der Waals surface area contributed by atoms with E-state index < -0.39 is 0 Å². The van der Waals surface area contributed by atoms with Crippen LogP contribution in [0.4, 0.5) is 0 Å². The Bertz CT molecular complexity index is 549. The smallest absolute Gasteiger partial charge is 0.170 e. The molecular weight excluding hydrogens is 298 g/mol. The van der Waals surface area contributed by atoms with Crippen molar-refractivity contribution in [2.24, 2.45) is 10.9 Å². The lowest BCUT2D eigenvalue weighted by molar-refractivity contribution is 0.158. The van der Waals surface area contributed by atoms with Gasteiger partial charge in [-0.25, -0.2) is 0 Å². The van der Waals surface area contributed by atoms with Gasteiger partial charge >= 0.3 is 0 Å². The molecular formula is C20H35N3O. The van der Waals surface area contributed by atoms with Gasteiger partial charge in [-0.15, -0.1) is 0 Å². The molecule has 4 nitrogen and oxygen atoms in total. The lowest BCUT2D eigenvalue weighted by Crippen LogP contribution is -2.24. The van der Waals surface area contributed by atoms with Crippen molar-refractivity contribution in [1.82, 2.24) is 4.98 Å². The Morgan fingerprint density at radius 3 is 1.58 bits per heavy atom. The van der Waals surface area contributed by atoms with Gasteiger partial charge in [0.05, 0.1) is 0 Å². The van der Waals surface area contributed by atoms with Crippen LogP contribution in [0.25, 0.3) is 0 Å². The molecule has 24 heavy (non-hydrogen) atoms. The van der Waals surface area contributed by atoms with Gasteiger partial charge in [0.2, 0.25) is 0 Å². The van der Waals surface area contributed by atoms with Crippen LogP contribution in [0.1, 0.15) is 114 Å². The molecule has 1 aromatic rings. The molecule has 0 bridgehead atoms. The van der Waals surface area contributed by atoms with Gasteiger partial charge in [-0.3, -0.25) is 4.98 Å². The first-order valence-electron chi connectivity index (χ1n) is 9.16. The molecule has 1 rings (SSSR count). The summed E-state index contributed by atoms with van der Waals surface area (Å²) in [6.07, 6.45) is 0. The van der Waals surface area contributed by atoms with Crippen LogP contribution in [0.5, 0.6) is 0 Å². The third-order valence-corrected chi connectivity index (χ3v) is 4.13. The first-order valence-corrected chi connectivity index (χ1v) is 9.16. The molecule has 1 heterocycles. The largest absolute Gasteiger partial charge is 0.394 e. The monoisotopic (exact) mass is 333 g/mol. The van der Waals surface area contributed by atoms with Crippen LogP contribution in [0.3, 0.4) is 0 Å². The molecule has 0 radical (unpaired) electrons. The van der Waals surface area contributed by atoms with Gasteiger partial charge in [0, 0.05) is 17.0 Å². The first kappa shape index (κ1) is 20.5. The highest BCUT2D eigenvalue weighted by Crippen LogP contribution is 2.37. The highest BCUT2D eigenvalue weighted by molar-refractivity contribution is 6.00. The van der Waals surface area contributed by atoms with E-state index >= 15 is 0 Å². The highest BCUT2D eigenvalue weighted by atomic mass is 16.6. The lowest BCUT2D eigenvalue weighted by Gasteiger charge is -2.27. The maximum absolute atomic E-state index is 6.39. The summed E-state index contributed by atoms with van der Waals surface area (Å²) in [7, 11) is 0. The van der Waals surface area contributed by atoms with Crippen LogP contribution in [0.2, 0.25) is 0 Å². The third kappa shape index (κ3) is 4.28. The molecule has 0 unspecified atom stereocenters. The summed E-state index contributed by atoms with van der Waals surface area (Å²) in [6, 6.07) is 0. The number of hydrogen-bond donors (Lipinski definition) is 1. The third-order valence-electron chi connectivity index (χ3n) is 4.13. The van der Waals surface area contributed by atoms with E-state index in [2.05, 4.69) is 60.5 Å². The number of oxime groups is 1. The number of nitrogens with two attached hydrogens (primary N) is 1. The van der Waals surface area contributed by atoms with E-state index in [-0.39, 0.29) is 0 Å². The van der Waals surface area contributed by atoms with E-state index in [1.54, 1.807) is 0 Å². The van der Waals surface area contributed by atoms with Crippen LogP contribution in [0, 0.1) is 0 Å². The minimum absolute atomic E-state index is 0.319. The summed E-state index contributed by atoms with van der Waals surface area (Å²) in [5.74, 6) is 1.77. The van der Waals surface area contributed by atoms with E-state index in [9.17, 15) is 0 Å². The highest BCUT2D eigenvalue weighted by Gasteiger charge is 2.27. The van der Waals surface area contributed by atoms with Gasteiger partial charge in [-0.05, 0) is 41.7 Å². The lowest BCUT2D eigenvalue weighted by atomic mass is 9.82. The van der Waals surface area contributed by atoms with Crippen molar-refractivity contribution in [3.8, 4) is 0 Å². The zero-order valence-corrected chi connectivity index (χ0v) is 16.9. The predicted molar refractivity (Wildman–Crippen MR) is 103 cm³/mol. The van der Waals surface area contributed by atoms with E-state index in [0.717, 1.165) is 17.0 Å². The quantitative estimate of drug-likeness (QED) is 0.422. The van der Waals surface area contributed by atoms with Crippen molar-refractivity contribution in [3.05, 3.63) is 28.1 Å². The minimum Gasteiger partial charge on any atom is -0.394 e. The predicted octanol–water partition coefficient (Wildman–Crippen LogP) is 5.23. The number of nitrogens with zero attached hydrogens (tertiary/aromatic N) is 2. The van der Waals surface area contributed by atoms with Crippen LogP contribution < -0.4 is 5.73 Å². The maximum atomic E-state index is 6.39. The van der Waals surface area contributed by atoms with Crippen LogP contribution in [0.15, 0.2) is 5.16 Å². The Morgan fingerprint density at radius 1 is 0.875 bits per heavy atom. The van der Waals surface area contributed by atoms with Crippen LogP contribution in [-0.2, 0) is 4.84 Å². The zero-order chi connectivity index (χ0) is 18.6. The van der Waals surface area contributed by atoms with Gasteiger partial charge in [0.25, 0.3) is 0 Å². The fraction of sp³-hybridized carbons (Fsp3) is 0.700. The zero-order valence-electron chi connectivity index (χ0n) is 16.9. The van der Waals surface area contributed by atoms with Crippen molar-refractivity contribution in [2.75, 3.05) is 6.61 Å². The molecule has 0 spiro atoms. The average molecular weight is 334 g/mol. The second-order valence-electron chi connectivity index (χ2n) is 7.60. The summed E-state index contributed by atoms with van der Waals surface area (Å²) in [4.78, 5) is 10.3. The molecule has 0 atom stereocenters. The molecule has 136 valence electrons. The summed E-state index contributed by atoms with van der Waals surface area (Å²) < 4.78 is 0. The number of pyridine rings is 1. The molecule has 4 heteroatoms. The Kier molecular flexibility index (Phi) is 7.25. The number of amidine groups is 1. The molecule has 0 amide bonds. The Morgan fingerprint density at radius 2 is 1.29 bits per heavy atom. The fourth-order valence-electron chi connectivity index (χ4n) is 3.16. The van der Waals surface area contributed by atoms with Gasteiger partial charge in [-0.2, -0.15) is 0 Å². The van der Waals surface area contributed by atoms with Crippen molar-refractivity contribution in [1.29, 1.82) is 0 Å². The molecule has 0 fully saturated rings. The summed E-state index contributed by atoms with van der Waals surface area (Å²) in [5, 5.41) is 4.17. The Hall–Kier alpha value is -1.58. The van der Waals surface area contributed by atoms with Gasteiger partial charge < -0.3 is 10.6 Å². The molecule has 0 aliphatic rings. The van der Waals surface area contributed by atoms with Crippen molar-refractivity contribution < 1.29 is 4.84 Å². The van der Waals surface area contributed by atoms with E-state index in [0.29, 0.717) is 36.1 Å². The number of rotatable bonds is 7. The molecule has 1 aromatic heterocycles. The fourth-order valence-corrected chi connectivity index (χ4v) is 3.16. The average Bonchev–Trinajstić information content (AvgIpc) is 2.49. The molecule has 2 N–H and O–H groups in total. The van der Waals surface area contributed by atoms with Crippen LogP contribution in [-0.4, -0.2) is 17.4 Å². The van der Waals surface area contributed by atoms with Crippen molar-refractivity contribution in [2.45, 2.75) is 86.0 Å². The topological polar surface area (TPSA) is 60.5 Å². The van der Waals surface area contributed by atoms with Crippen molar-refractivity contribution >= 4 is 5.84 Å². The van der Waals surface area contributed by atoms with Crippen molar-refractivity contribution in [3.63, 3.8) is 0 Å². The van der Waals surface area contributed by atoms with Gasteiger partial charge in [-0.1, -0.05) is 60.5 Å². The van der Waals surface area contributed by atoms with E-state index in [1.165, 1.54) is 11.1 Å². The normalized spacial score (nSPS) is 12.8. The second-order valence-corrected chi connectivity index (χ2v) is 7.60. The first-order chi connectivity index (χ1) is 11.1. The second kappa shape index (κ2) is 8.50. The molecule has 0 saturated carbocycles. The van der Waals surface area contributed by atoms with Gasteiger partial charge in [0.15, 0.2) is 5.84 Å². The van der Waals surface area contributed by atoms with Crippen LogP contribution >= 0.6 is 0 Å². The number of hydrogen-bond acceptors (Lipinski definition) is 3. The Balaban J connectivity index is 3.94. The molecule has 0 aliphatic carbocycles. The standard InChI is InChI=1S/C20H35N3O/c1-10-24-23-20(21)17-15(11(2)3)18(13(6)7)22-19(14(8)9)16(17)12(4)5/h11-14H,10H2,1-9H3,(H2,21,23). The van der Waals surface area contributed by atoms with Gasteiger partial charge in [0.1, 0.15) is 6.61 Å². The molecule has 0 aromatic carbocycles. The summed E-state index contributed by atoms with van der Waals surface area (Å²) in [6.45, 7) is 19.9. The Labute approximate surface area is 147 Å².